The third-order valence-electron chi connectivity index (χ3n) is 3.44. The highest BCUT2D eigenvalue weighted by atomic mass is 16.5. The van der Waals surface area contributed by atoms with E-state index < -0.39 is 0 Å². The van der Waals surface area contributed by atoms with Gasteiger partial charge in [-0.25, -0.2) is 9.97 Å². The molecular formula is C18H24N4O2. The molecule has 2 rings (SSSR count). The number of carbonyl (C=O) groups excluding carboxylic acids is 1. The van der Waals surface area contributed by atoms with Crippen molar-refractivity contribution in [1.82, 2.24) is 15.3 Å². The second-order valence-electron chi connectivity index (χ2n) is 5.63. The number of aromatic nitrogens is 2. The summed E-state index contributed by atoms with van der Waals surface area (Å²) in [5.74, 6) is 1.01. The first-order chi connectivity index (χ1) is 11.6. The molecule has 1 aromatic heterocycles. The molecule has 0 spiro atoms. The number of carbonyl (C=O) groups is 1. The zero-order chi connectivity index (χ0) is 17.4. The van der Waals surface area contributed by atoms with Crippen LogP contribution < -0.4 is 10.6 Å². The highest BCUT2D eigenvalue weighted by molar-refractivity contribution is 5.92. The van der Waals surface area contributed by atoms with Gasteiger partial charge in [-0.3, -0.25) is 4.79 Å². The van der Waals surface area contributed by atoms with Gasteiger partial charge in [-0.1, -0.05) is 29.8 Å². The molecule has 6 heteroatoms. The minimum absolute atomic E-state index is 0.207. The lowest BCUT2D eigenvalue weighted by molar-refractivity contribution is 0.0945. The van der Waals surface area contributed by atoms with Gasteiger partial charge in [0, 0.05) is 32.9 Å². The van der Waals surface area contributed by atoms with Crippen molar-refractivity contribution in [3.8, 4) is 0 Å². The molecule has 0 saturated carbocycles. The summed E-state index contributed by atoms with van der Waals surface area (Å²) < 4.78 is 5.01. The minimum Gasteiger partial charge on any atom is -0.385 e. The van der Waals surface area contributed by atoms with Crippen LogP contribution in [-0.2, 0) is 11.3 Å². The molecule has 24 heavy (non-hydrogen) atoms. The van der Waals surface area contributed by atoms with Gasteiger partial charge in [0.2, 0.25) is 0 Å². The minimum atomic E-state index is -0.207. The molecule has 0 aliphatic rings. The molecule has 2 N–H and O–H groups in total. The maximum Gasteiger partial charge on any atom is 0.270 e. The Labute approximate surface area is 142 Å². The average Bonchev–Trinajstić information content (AvgIpc) is 2.56. The topological polar surface area (TPSA) is 76.1 Å². The Hall–Kier alpha value is -2.47. The average molecular weight is 328 g/mol. The first-order valence-electron chi connectivity index (χ1n) is 8.00. The van der Waals surface area contributed by atoms with E-state index in [1.807, 2.05) is 31.2 Å². The van der Waals surface area contributed by atoms with Gasteiger partial charge < -0.3 is 15.4 Å². The van der Waals surface area contributed by atoms with Crippen molar-refractivity contribution in [3.63, 3.8) is 0 Å². The van der Waals surface area contributed by atoms with Crippen molar-refractivity contribution in [3.05, 3.63) is 53.0 Å². The van der Waals surface area contributed by atoms with Crippen LogP contribution in [0.25, 0.3) is 0 Å². The molecule has 6 nitrogen and oxygen atoms in total. The molecule has 1 heterocycles. The predicted molar refractivity (Wildman–Crippen MR) is 94.1 cm³/mol. The number of nitrogens with zero attached hydrogens (tertiary/aromatic N) is 2. The Bertz CT molecular complexity index is 688. The number of aryl methyl sites for hydroxylation is 2. The van der Waals surface area contributed by atoms with Gasteiger partial charge in [0.25, 0.3) is 5.91 Å². The third kappa shape index (κ3) is 5.62. The van der Waals surface area contributed by atoms with Crippen LogP contribution in [0.5, 0.6) is 0 Å². The lowest BCUT2D eigenvalue weighted by Crippen LogP contribution is -2.24. The Kier molecular flexibility index (Phi) is 6.69. The van der Waals surface area contributed by atoms with Crippen LogP contribution in [0.15, 0.2) is 30.3 Å². The van der Waals surface area contributed by atoms with E-state index in [1.54, 1.807) is 20.1 Å². The van der Waals surface area contributed by atoms with Crippen LogP contribution in [0.1, 0.15) is 33.9 Å². The number of anilines is 1. The van der Waals surface area contributed by atoms with Gasteiger partial charge in [0.05, 0.1) is 0 Å². The smallest absolute Gasteiger partial charge is 0.270 e. The maximum atomic E-state index is 12.3. The second kappa shape index (κ2) is 8.98. The maximum absolute atomic E-state index is 12.3. The molecule has 2 aromatic rings. The number of methoxy groups -OCH3 is 1. The Morgan fingerprint density at radius 1 is 1.21 bits per heavy atom. The lowest BCUT2D eigenvalue weighted by Gasteiger charge is -2.09. The number of ether oxygens (including phenoxy) is 1. The zero-order valence-electron chi connectivity index (χ0n) is 14.4. The molecule has 1 aromatic carbocycles. The van der Waals surface area contributed by atoms with Crippen LogP contribution in [0, 0.1) is 13.8 Å². The first kappa shape index (κ1) is 17.9. The Morgan fingerprint density at radius 2 is 2.04 bits per heavy atom. The van der Waals surface area contributed by atoms with Gasteiger partial charge in [-0.2, -0.15) is 0 Å². The summed E-state index contributed by atoms with van der Waals surface area (Å²) in [6, 6.07) is 9.72. The molecule has 0 fully saturated rings. The highest BCUT2D eigenvalue weighted by Crippen LogP contribution is 2.08. The second-order valence-corrected chi connectivity index (χ2v) is 5.63. The number of nitrogens with one attached hydrogen (secondary N) is 2. The Balaban J connectivity index is 1.96. The van der Waals surface area contributed by atoms with Crippen LogP contribution in [-0.4, -0.2) is 36.1 Å². The van der Waals surface area contributed by atoms with Crippen molar-refractivity contribution in [1.29, 1.82) is 0 Å². The van der Waals surface area contributed by atoms with E-state index in [9.17, 15) is 4.79 Å². The number of benzene rings is 1. The fourth-order valence-electron chi connectivity index (χ4n) is 2.30. The lowest BCUT2D eigenvalue weighted by atomic mass is 10.1. The van der Waals surface area contributed by atoms with Crippen molar-refractivity contribution >= 4 is 11.7 Å². The van der Waals surface area contributed by atoms with E-state index in [0.717, 1.165) is 18.5 Å². The first-order valence-corrected chi connectivity index (χ1v) is 8.00. The SMILES string of the molecule is COCCCNc1cc(C(=O)NCc2cccc(C)c2)nc(C)n1. The van der Waals surface area contributed by atoms with E-state index in [-0.39, 0.29) is 5.91 Å². The number of hydrogen-bond acceptors (Lipinski definition) is 5. The van der Waals surface area contributed by atoms with Crippen LogP contribution in [0.2, 0.25) is 0 Å². The number of amides is 1. The molecule has 0 atom stereocenters. The fraction of sp³-hybridized carbons (Fsp3) is 0.389. The predicted octanol–water partition coefficient (Wildman–Crippen LogP) is 2.47. The molecule has 0 radical (unpaired) electrons. The molecule has 0 bridgehead atoms. The third-order valence-corrected chi connectivity index (χ3v) is 3.44. The Morgan fingerprint density at radius 3 is 2.79 bits per heavy atom. The van der Waals surface area contributed by atoms with Crippen LogP contribution in [0.3, 0.4) is 0 Å². The van der Waals surface area contributed by atoms with E-state index >= 15 is 0 Å². The van der Waals surface area contributed by atoms with Gasteiger partial charge >= 0.3 is 0 Å². The van der Waals surface area contributed by atoms with Crippen molar-refractivity contribution < 1.29 is 9.53 Å². The van der Waals surface area contributed by atoms with Crippen molar-refractivity contribution in [2.24, 2.45) is 0 Å². The van der Waals surface area contributed by atoms with Crippen molar-refractivity contribution in [2.45, 2.75) is 26.8 Å². The number of rotatable bonds is 8. The molecular weight excluding hydrogens is 304 g/mol. The quantitative estimate of drug-likeness (QED) is 0.728. The van der Waals surface area contributed by atoms with E-state index in [2.05, 4.69) is 20.6 Å². The standard InChI is InChI=1S/C18H24N4O2/c1-13-6-4-7-15(10-13)12-20-18(23)16-11-17(22-14(2)21-16)19-8-5-9-24-3/h4,6-7,10-11H,5,8-9,12H2,1-3H3,(H,20,23)(H,19,21,22). The molecule has 0 unspecified atom stereocenters. The summed E-state index contributed by atoms with van der Waals surface area (Å²) in [4.78, 5) is 20.9. The summed E-state index contributed by atoms with van der Waals surface area (Å²) in [6.45, 7) is 5.69. The summed E-state index contributed by atoms with van der Waals surface area (Å²) in [5, 5.41) is 6.08. The molecule has 0 aliphatic carbocycles. The van der Waals surface area contributed by atoms with E-state index in [1.165, 1.54) is 5.56 Å². The normalized spacial score (nSPS) is 10.5. The van der Waals surface area contributed by atoms with Gasteiger partial charge in [0.1, 0.15) is 17.3 Å². The monoisotopic (exact) mass is 328 g/mol. The highest BCUT2D eigenvalue weighted by Gasteiger charge is 2.10. The summed E-state index contributed by atoms with van der Waals surface area (Å²) in [7, 11) is 1.67. The zero-order valence-corrected chi connectivity index (χ0v) is 14.4. The molecule has 0 saturated heterocycles. The van der Waals surface area contributed by atoms with Gasteiger partial charge in [-0.15, -0.1) is 0 Å². The molecule has 0 aliphatic heterocycles. The number of hydrogen-bond donors (Lipinski definition) is 2. The van der Waals surface area contributed by atoms with E-state index in [4.69, 9.17) is 4.74 Å². The molecule has 128 valence electrons. The van der Waals surface area contributed by atoms with Crippen molar-refractivity contribution in [2.75, 3.05) is 25.6 Å². The summed E-state index contributed by atoms with van der Waals surface area (Å²) >= 11 is 0. The van der Waals surface area contributed by atoms with Crippen LogP contribution >= 0.6 is 0 Å². The summed E-state index contributed by atoms with van der Waals surface area (Å²) in [6.07, 6.45) is 0.869. The van der Waals surface area contributed by atoms with Gasteiger partial charge in [0.15, 0.2) is 0 Å². The van der Waals surface area contributed by atoms with Crippen LogP contribution in [0.4, 0.5) is 5.82 Å². The molecule has 1 amide bonds. The largest absolute Gasteiger partial charge is 0.385 e. The van der Waals surface area contributed by atoms with E-state index in [0.29, 0.717) is 30.5 Å². The summed E-state index contributed by atoms with van der Waals surface area (Å²) in [5.41, 5.74) is 2.60. The fourth-order valence-corrected chi connectivity index (χ4v) is 2.30. The van der Waals surface area contributed by atoms with Gasteiger partial charge in [-0.05, 0) is 25.8 Å².